The molecule has 1 saturated heterocycles. The Bertz CT molecular complexity index is 470. The molecule has 4 nitrogen and oxygen atoms in total. The number of nitrogens with two attached hydrogens (primary N) is 1. The van der Waals surface area contributed by atoms with Crippen LogP contribution < -0.4 is 5.73 Å². The smallest absolute Gasteiger partial charge is 0.191 e. The summed E-state index contributed by atoms with van der Waals surface area (Å²) in [7, 11) is 0. The summed E-state index contributed by atoms with van der Waals surface area (Å²) in [5.41, 5.74) is 9.79. The molecule has 1 atom stereocenters. The summed E-state index contributed by atoms with van der Waals surface area (Å²) in [6, 6.07) is 6.49. The van der Waals surface area contributed by atoms with Crippen molar-refractivity contribution in [3.63, 3.8) is 0 Å². The van der Waals surface area contributed by atoms with E-state index in [1.165, 1.54) is 16.7 Å². The average molecular weight is 261 g/mol. The monoisotopic (exact) mass is 261 g/mol. The highest BCUT2D eigenvalue weighted by Gasteiger charge is 2.24. The molecule has 1 heterocycles. The lowest BCUT2D eigenvalue weighted by Crippen LogP contribution is -2.46. The molecule has 2 rings (SSSR count). The lowest BCUT2D eigenvalue weighted by Gasteiger charge is -2.34. The van der Waals surface area contributed by atoms with Gasteiger partial charge in [-0.15, -0.1) is 0 Å². The fourth-order valence-electron chi connectivity index (χ4n) is 2.49. The summed E-state index contributed by atoms with van der Waals surface area (Å²) in [5.74, 6) is 0.626. The minimum absolute atomic E-state index is 0.0833. The van der Waals surface area contributed by atoms with Gasteiger partial charge in [-0.25, -0.2) is 0 Å². The van der Waals surface area contributed by atoms with Crippen LogP contribution in [0.25, 0.3) is 0 Å². The van der Waals surface area contributed by atoms with E-state index >= 15 is 0 Å². The summed E-state index contributed by atoms with van der Waals surface area (Å²) in [6.07, 6.45) is 0.0833. The van der Waals surface area contributed by atoms with Crippen molar-refractivity contribution in [3.05, 3.63) is 34.9 Å². The Morgan fingerprint density at radius 3 is 2.95 bits per heavy atom. The van der Waals surface area contributed by atoms with Gasteiger partial charge in [0, 0.05) is 13.1 Å². The van der Waals surface area contributed by atoms with Gasteiger partial charge in [-0.3, -0.25) is 4.99 Å². The highest BCUT2D eigenvalue weighted by molar-refractivity contribution is 5.78. The normalized spacial score (nSPS) is 20.7. The standard InChI is InChI=1S/C15H23N3O/c1-4-17-15(16)18-7-8-19-14(10-18)13-6-5-11(2)9-12(13)3/h5-6,9,14H,4,7-8,10H2,1-3H3,(H2,16,17). The zero-order valence-corrected chi connectivity index (χ0v) is 12.0. The number of aryl methyl sites for hydroxylation is 2. The number of hydrogen-bond acceptors (Lipinski definition) is 2. The molecule has 19 heavy (non-hydrogen) atoms. The Morgan fingerprint density at radius 1 is 1.47 bits per heavy atom. The third kappa shape index (κ3) is 3.26. The predicted octanol–water partition coefficient (Wildman–Crippen LogP) is 2.01. The lowest BCUT2D eigenvalue weighted by atomic mass is 10.00. The summed E-state index contributed by atoms with van der Waals surface area (Å²) < 4.78 is 5.89. The van der Waals surface area contributed by atoms with Gasteiger partial charge in [0.2, 0.25) is 0 Å². The van der Waals surface area contributed by atoms with Crippen molar-refractivity contribution in [1.29, 1.82) is 0 Å². The Hall–Kier alpha value is -1.55. The van der Waals surface area contributed by atoms with Gasteiger partial charge >= 0.3 is 0 Å². The summed E-state index contributed by atoms with van der Waals surface area (Å²) in [4.78, 5) is 6.39. The van der Waals surface area contributed by atoms with Crippen LogP contribution in [-0.2, 0) is 4.74 Å². The van der Waals surface area contributed by atoms with E-state index in [0.717, 1.165) is 19.6 Å². The maximum Gasteiger partial charge on any atom is 0.191 e. The first-order valence-corrected chi connectivity index (χ1v) is 6.85. The molecule has 0 spiro atoms. The highest BCUT2D eigenvalue weighted by atomic mass is 16.5. The first-order valence-electron chi connectivity index (χ1n) is 6.85. The first-order chi connectivity index (χ1) is 9.11. The summed E-state index contributed by atoms with van der Waals surface area (Å²) in [5, 5.41) is 0. The molecule has 0 aromatic heterocycles. The van der Waals surface area contributed by atoms with Crippen molar-refractivity contribution >= 4 is 5.96 Å². The van der Waals surface area contributed by atoms with Crippen molar-refractivity contribution in [1.82, 2.24) is 4.90 Å². The molecule has 1 fully saturated rings. The van der Waals surface area contributed by atoms with Crippen LogP contribution in [-0.4, -0.2) is 37.1 Å². The van der Waals surface area contributed by atoms with E-state index in [4.69, 9.17) is 10.5 Å². The number of guanidine groups is 1. The average Bonchev–Trinajstić information content (AvgIpc) is 2.39. The molecule has 0 radical (unpaired) electrons. The summed E-state index contributed by atoms with van der Waals surface area (Å²) >= 11 is 0. The molecule has 0 bridgehead atoms. The Labute approximate surface area is 115 Å². The molecule has 1 aromatic carbocycles. The van der Waals surface area contributed by atoms with Crippen LogP contribution in [0.1, 0.15) is 29.7 Å². The SMILES string of the molecule is CCN=C(N)N1CCOC(c2ccc(C)cc2C)C1. The van der Waals surface area contributed by atoms with Crippen molar-refractivity contribution in [2.75, 3.05) is 26.2 Å². The number of hydrogen-bond donors (Lipinski definition) is 1. The van der Waals surface area contributed by atoms with Crippen LogP contribution in [0.4, 0.5) is 0 Å². The zero-order valence-electron chi connectivity index (χ0n) is 12.0. The molecule has 1 unspecified atom stereocenters. The fraction of sp³-hybridized carbons (Fsp3) is 0.533. The Kier molecular flexibility index (Phi) is 4.43. The van der Waals surface area contributed by atoms with Crippen LogP contribution in [0.2, 0.25) is 0 Å². The van der Waals surface area contributed by atoms with Gasteiger partial charge in [0.15, 0.2) is 5.96 Å². The molecule has 1 aromatic rings. The second kappa shape index (κ2) is 6.06. The molecule has 2 N–H and O–H groups in total. The fourth-order valence-corrected chi connectivity index (χ4v) is 2.49. The molecule has 0 saturated carbocycles. The Morgan fingerprint density at radius 2 is 2.26 bits per heavy atom. The molecule has 4 heteroatoms. The van der Waals surface area contributed by atoms with Gasteiger partial charge in [0.25, 0.3) is 0 Å². The number of rotatable bonds is 2. The number of morpholine rings is 1. The lowest BCUT2D eigenvalue weighted by molar-refractivity contribution is -0.00766. The van der Waals surface area contributed by atoms with E-state index in [1.54, 1.807) is 0 Å². The van der Waals surface area contributed by atoms with Gasteiger partial charge in [0.1, 0.15) is 6.10 Å². The van der Waals surface area contributed by atoms with Crippen LogP contribution >= 0.6 is 0 Å². The Balaban J connectivity index is 2.15. The van der Waals surface area contributed by atoms with Crippen molar-refractivity contribution in [2.24, 2.45) is 10.7 Å². The van der Waals surface area contributed by atoms with Crippen molar-refractivity contribution < 1.29 is 4.74 Å². The van der Waals surface area contributed by atoms with Gasteiger partial charge < -0.3 is 15.4 Å². The van der Waals surface area contributed by atoms with E-state index in [1.807, 2.05) is 6.92 Å². The van der Waals surface area contributed by atoms with Crippen molar-refractivity contribution in [2.45, 2.75) is 26.9 Å². The third-order valence-corrected chi connectivity index (χ3v) is 3.48. The number of benzene rings is 1. The quantitative estimate of drug-likeness (QED) is 0.654. The van der Waals surface area contributed by atoms with Gasteiger partial charge in [-0.1, -0.05) is 23.8 Å². The topological polar surface area (TPSA) is 50.8 Å². The molecule has 0 aliphatic carbocycles. The highest BCUT2D eigenvalue weighted by Crippen LogP contribution is 2.25. The molecular weight excluding hydrogens is 238 g/mol. The van der Waals surface area contributed by atoms with E-state index < -0.39 is 0 Å². The van der Waals surface area contributed by atoms with E-state index in [0.29, 0.717) is 12.6 Å². The molecule has 104 valence electrons. The number of nitrogens with zero attached hydrogens (tertiary/aromatic N) is 2. The second-order valence-corrected chi connectivity index (χ2v) is 5.00. The van der Waals surface area contributed by atoms with E-state index in [9.17, 15) is 0 Å². The minimum atomic E-state index is 0.0833. The van der Waals surface area contributed by atoms with Gasteiger partial charge in [-0.05, 0) is 31.9 Å². The maximum absolute atomic E-state index is 5.98. The van der Waals surface area contributed by atoms with Crippen LogP contribution in [0, 0.1) is 13.8 Å². The van der Waals surface area contributed by atoms with Gasteiger partial charge in [-0.2, -0.15) is 0 Å². The molecule has 0 amide bonds. The minimum Gasteiger partial charge on any atom is -0.370 e. The van der Waals surface area contributed by atoms with E-state index in [-0.39, 0.29) is 6.10 Å². The predicted molar refractivity (Wildman–Crippen MR) is 78.3 cm³/mol. The number of aliphatic imine (C=N–C) groups is 1. The molecule has 1 aliphatic rings. The maximum atomic E-state index is 5.98. The van der Waals surface area contributed by atoms with Gasteiger partial charge in [0.05, 0.1) is 13.2 Å². The van der Waals surface area contributed by atoms with Crippen molar-refractivity contribution in [3.8, 4) is 0 Å². The third-order valence-electron chi connectivity index (χ3n) is 3.48. The second-order valence-electron chi connectivity index (χ2n) is 5.00. The van der Waals surface area contributed by atoms with Crippen LogP contribution in [0.5, 0.6) is 0 Å². The molecule has 1 aliphatic heterocycles. The zero-order chi connectivity index (χ0) is 13.8. The van der Waals surface area contributed by atoms with Crippen LogP contribution in [0.3, 0.4) is 0 Å². The van der Waals surface area contributed by atoms with E-state index in [2.05, 4.69) is 41.9 Å². The number of ether oxygens (including phenoxy) is 1. The summed E-state index contributed by atoms with van der Waals surface area (Å²) in [6.45, 7) is 9.24. The van der Waals surface area contributed by atoms with Crippen LogP contribution in [0.15, 0.2) is 23.2 Å². The molecular formula is C15H23N3O. The largest absolute Gasteiger partial charge is 0.370 e. The first kappa shape index (κ1) is 13.9.